The van der Waals surface area contributed by atoms with Gasteiger partial charge in [-0.2, -0.15) is 0 Å². The molecule has 2 rings (SSSR count). The summed E-state index contributed by atoms with van der Waals surface area (Å²) in [7, 11) is 0. The Morgan fingerprint density at radius 1 is 1.11 bits per heavy atom. The van der Waals surface area contributed by atoms with Crippen LogP contribution >= 0.6 is 0 Å². The number of hydrogen-bond donors (Lipinski definition) is 2. The van der Waals surface area contributed by atoms with Crippen LogP contribution in [0.15, 0.2) is 30.3 Å². The molecule has 0 unspecified atom stereocenters. The Labute approximate surface area is 106 Å². The number of carboxylic acids is 1. The molecule has 0 saturated heterocycles. The van der Waals surface area contributed by atoms with Gasteiger partial charge in [-0.1, -0.05) is 45.0 Å². The molecule has 0 aromatic heterocycles. The number of carboxylic acid groups (broad SMARTS) is 1. The minimum atomic E-state index is -1.12. The van der Waals surface area contributed by atoms with Crippen LogP contribution in [0, 0.1) is 0 Å². The molecule has 0 saturated carbocycles. The van der Waals surface area contributed by atoms with Crippen molar-refractivity contribution >= 4 is 16.7 Å². The predicted octanol–water partition coefficient (Wildman–Crippen LogP) is 3.54. The highest BCUT2D eigenvalue weighted by atomic mass is 16.4. The fourth-order valence-corrected chi connectivity index (χ4v) is 1.95. The van der Waals surface area contributed by atoms with E-state index in [-0.39, 0.29) is 16.7 Å². The smallest absolute Gasteiger partial charge is 0.339 e. The van der Waals surface area contributed by atoms with Crippen LogP contribution in [0.4, 0.5) is 0 Å². The minimum absolute atomic E-state index is 0.0231. The van der Waals surface area contributed by atoms with Gasteiger partial charge in [-0.25, -0.2) is 4.79 Å². The third-order valence-electron chi connectivity index (χ3n) is 3.09. The molecule has 18 heavy (non-hydrogen) atoms. The van der Waals surface area contributed by atoms with Gasteiger partial charge in [0.2, 0.25) is 0 Å². The quantitative estimate of drug-likeness (QED) is 0.806. The van der Waals surface area contributed by atoms with E-state index >= 15 is 0 Å². The van der Waals surface area contributed by atoms with Crippen LogP contribution in [-0.2, 0) is 5.41 Å². The van der Waals surface area contributed by atoms with Crippen molar-refractivity contribution in [3.63, 3.8) is 0 Å². The fourth-order valence-electron chi connectivity index (χ4n) is 1.95. The predicted molar refractivity (Wildman–Crippen MR) is 71.3 cm³/mol. The molecule has 3 heteroatoms. The normalized spacial score (nSPS) is 11.7. The van der Waals surface area contributed by atoms with E-state index in [9.17, 15) is 9.90 Å². The zero-order valence-electron chi connectivity index (χ0n) is 10.7. The molecule has 0 atom stereocenters. The van der Waals surface area contributed by atoms with Crippen LogP contribution in [0.2, 0.25) is 0 Å². The van der Waals surface area contributed by atoms with Crippen molar-refractivity contribution in [1.29, 1.82) is 0 Å². The van der Waals surface area contributed by atoms with Gasteiger partial charge in [0.05, 0.1) is 0 Å². The van der Waals surface area contributed by atoms with Crippen molar-refractivity contribution in [3.8, 4) is 5.75 Å². The number of phenols is 1. The molecule has 2 N–H and O–H groups in total. The van der Waals surface area contributed by atoms with Crippen molar-refractivity contribution in [3.05, 3.63) is 41.5 Å². The highest BCUT2D eigenvalue weighted by Gasteiger charge is 2.16. The van der Waals surface area contributed by atoms with E-state index in [1.165, 1.54) is 6.07 Å². The number of aromatic hydroxyl groups is 1. The maximum atomic E-state index is 10.9. The van der Waals surface area contributed by atoms with Crippen LogP contribution in [0.1, 0.15) is 36.7 Å². The number of fused-ring (bicyclic) bond motifs is 1. The molecule has 0 bridgehead atoms. The minimum Gasteiger partial charge on any atom is -0.506 e. The van der Waals surface area contributed by atoms with Gasteiger partial charge < -0.3 is 10.2 Å². The highest BCUT2D eigenvalue weighted by molar-refractivity contribution is 6.00. The number of hydrogen-bond acceptors (Lipinski definition) is 2. The van der Waals surface area contributed by atoms with E-state index < -0.39 is 5.97 Å². The summed E-state index contributed by atoms with van der Waals surface area (Å²) in [6.07, 6.45) is 0. The van der Waals surface area contributed by atoms with Gasteiger partial charge in [-0.3, -0.25) is 0 Å². The largest absolute Gasteiger partial charge is 0.506 e. The number of carbonyl (C=O) groups is 1. The van der Waals surface area contributed by atoms with Gasteiger partial charge in [0, 0.05) is 5.39 Å². The topological polar surface area (TPSA) is 57.5 Å². The van der Waals surface area contributed by atoms with E-state index in [0.29, 0.717) is 5.39 Å². The first-order valence-electron chi connectivity index (χ1n) is 5.80. The summed E-state index contributed by atoms with van der Waals surface area (Å²) in [4.78, 5) is 10.9. The molecule has 0 aliphatic carbocycles. The molecule has 0 radical (unpaired) electrons. The second-order valence-corrected chi connectivity index (χ2v) is 5.45. The van der Waals surface area contributed by atoms with E-state index in [2.05, 4.69) is 20.8 Å². The first-order chi connectivity index (χ1) is 8.30. The molecule has 0 amide bonds. The highest BCUT2D eigenvalue weighted by Crippen LogP contribution is 2.32. The Hall–Kier alpha value is -2.03. The van der Waals surface area contributed by atoms with Gasteiger partial charge in [0.15, 0.2) is 0 Å². The molecule has 0 aliphatic rings. The van der Waals surface area contributed by atoms with Crippen LogP contribution in [0.3, 0.4) is 0 Å². The molecule has 0 spiro atoms. The van der Waals surface area contributed by atoms with Crippen LogP contribution in [-0.4, -0.2) is 16.2 Å². The maximum absolute atomic E-state index is 10.9. The van der Waals surface area contributed by atoms with Crippen molar-refractivity contribution < 1.29 is 15.0 Å². The molecule has 0 fully saturated rings. The van der Waals surface area contributed by atoms with E-state index in [1.54, 1.807) is 12.1 Å². The third-order valence-corrected chi connectivity index (χ3v) is 3.09. The summed E-state index contributed by atoms with van der Waals surface area (Å²) in [6, 6.07) is 8.85. The Bertz CT molecular complexity index is 621. The SMILES string of the molecule is CC(C)(C)c1ccc2c(O)c(C(=O)O)ccc2c1. The summed E-state index contributed by atoms with van der Waals surface area (Å²) >= 11 is 0. The van der Waals surface area contributed by atoms with Gasteiger partial charge in [-0.15, -0.1) is 0 Å². The van der Waals surface area contributed by atoms with Gasteiger partial charge in [-0.05, 0) is 22.4 Å². The first-order valence-corrected chi connectivity index (χ1v) is 5.80. The van der Waals surface area contributed by atoms with Crippen LogP contribution in [0.5, 0.6) is 5.75 Å². The summed E-state index contributed by atoms with van der Waals surface area (Å²) in [5.41, 5.74) is 1.11. The van der Waals surface area contributed by atoms with Gasteiger partial charge >= 0.3 is 5.97 Å². The molecule has 94 valence electrons. The molecule has 3 nitrogen and oxygen atoms in total. The first kappa shape index (κ1) is 12.4. The van der Waals surface area contributed by atoms with Crippen molar-refractivity contribution in [2.75, 3.05) is 0 Å². The monoisotopic (exact) mass is 244 g/mol. The molecule has 2 aromatic rings. The second-order valence-electron chi connectivity index (χ2n) is 5.45. The van der Waals surface area contributed by atoms with Crippen molar-refractivity contribution in [2.45, 2.75) is 26.2 Å². The number of aromatic carboxylic acids is 1. The van der Waals surface area contributed by atoms with E-state index in [0.717, 1.165) is 10.9 Å². The third kappa shape index (κ3) is 2.04. The lowest BCUT2D eigenvalue weighted by Gasteiger charge is -2.19. The molecule has 0 heterocycles. The zero-order valence-corrected chi connectivity index (χ0v) is 10.7. The molecule has 2 aromatic carbocycles. The van der Waals surface area contributed by atoms with Crippen molar-refractivity contribution in [2.24, 2.45) is 0 Å². The van der Waals surface area contributed by atoms with Gasteiger partial charge in [0.25, 0.3) is 0 Å². The Morgan fingerprint density at radius 3 is 2.33 bits per heavy atom. The van der Waals surface area contributed by atoms with Crippen LogP contribution < -0.4 is 0 Å². The summed E-state index contributed by atoms with van der Waals surface area (Å²) in [5.74, 6) is -1.28. The average Bonchev–Trinajstić information content (AvgIpc) is 2.27. The Kier molecular flexibility index (Phi) is 2.77. The van der Waals surface area contributed by atoms with E-state index in [1.807, 2.05) is 12.1 Å². The fraction of sp³-hybridized carbons (Fsp3) is 0.267. The van der Waals surface area contributed by atoms with E-state index in [4.69, 9.17) is 5.11 Å². The number of benzene rings is 2. The average molecular weight is 244 g/mol. The van der Waals surface area contributed by atoms with Crippen molar-refractivity contribution in [1.82, 2.24) is 0 Å². The standard InChI is InChI=1S/C15H16O3/c1-15(2,3)10-5-7-11-9(8-10)4-6-12(13(11)16)14(17)18/h4-8,16H,1-3H3,(H,17,18). The maximum Gasteiger partial charge on any atom is 0.339 e. The van der Waals surface area contributed by atoms with Crippen LogP contribution in [0.25, 0.3) is 10.8 Å². The Morgan fingerprint density at radius 2 is 1.78 bits per heavy atom. The zero-order chi connectivity index (χ0) is 13.5. The summed E-state index contributed by atoms with van der Waals surface area (Å²) in [5, 5.41) is 20.3. The molecule has 0 aliphatic heterocycles. The van der Waals surface area contributed by atoms with Gasteiger partial charge in [0.1, 0.15) is 11.3 Å². The molecular formula is C15H16O3. The molecular weight excluding hydrogens is 228 g/mol. The second kappa shape index (κ2) is 4.02. The Balaban J connectivity index is 2.69. The lowest BCUT2D eigenvalue weighted by molar-refractivity contribution is 0.0694. The lowest BCUT2D eigenvalue weighted by atomic mass is 9.85. The summed E-state index contributed by atoms with van der Waals surface area (Å²) in [6.45, 7) is 6.33. The number of rotatable bonds is 1. The lowest BCUT2D eigenvalue weighted by Crippen LogP contribution is -2.10. The summed E-state index contributed by atoms with van der Waals surface area (Å²) < 4.78 is 0.